The van der Waals surface area contributed by atoms with Crippen molar-refractivity contribution >= 4 is 17.4 Å². The van der Waals surface area contributed by atoms with Crippen molar-refractivity contribution in [2.45, 2.75) is 19.2 Å². The first-order valence-corrected chi connectivity index (χ1v) is 7.88. The lowest BCUT2D eigenvalue weighted by Crippen LogP contribution is -2.19. The topological polar surface area (TPSA) is 36.1 Å². The molecule has 3 rings (SSSR count). The van der Waals surface area contributed by atoms with Crippen molar-refractivity contribution in [2.75, 3.05) is 5.43 Å². The van der Waals surface area contributed by atoms with Crippen LogP contribution in [0.3, 0.4) is 0 Å². The molecule has 0 aromatic heterocycles. The molecule has 0 saturated heterocycles. The molecule has 2 aromatic rings. The third-order valence-corrected chi connectivity index (χ3v) is 4.67. The molecular formula is C17H19N3S. The minimum Gasteiger partial charge on any atom is -0.371 e. The molecule has 21 heavy (non-hydrogen) atoms. The molecule has 2 aromatic carbocycles. The molecular weight excluding hydrogens is 278 g/mol. The van der Waals surface area contributed by atoms with E-state index in [2.05, 4.69) is 54.3 Å². The number of benzene rings is 2. The van der Waals surface area contributed by atoms with Crippen molar-refractivity contribution in [3.8, 4) is 0 Å². The summed E-state index contributed by atoms with van der Waals surface area (Å²) < 4.78 is 0. The average Bonchev–Trinajstić information content (AvgIpc) is 2.88. The molecule has 0 fully saturated rings. The molecule has 0 radical (unpaired) electrons. The molecule has 1 aliphatic rings. The van der Waals surface area contributed by atoms with Gasteiger partial charge in [-0.3, -0.25) is 5.43 Å². The zero-order valence-corrected chi connectivity index (χ0v) is 13.0. The Morgan fingerprint density at radius 1 is 0.905 bits per heavy atom. The van der Waals surface area contributed by atoms with Crippen molar-refractivity contribution in [3.63, 3.8) is 0 Å². The largest absolute Gasteiger partial charge is 0.371 e. The zero-order valence-electron chi connectivity index (χ0n) is 12.2. The van der Waals surface area contributed by atoms with Crippen molar-refractivity contribution in [1.82, 2.24) is 10.7 Å². The first-order chi connectivity index (χ1) is 10.2. The third-order valence-electron chi connectivity index (χ3n) is 3.40. The van der Waals surface area contributed by atoms with Crippen LogP contribution in [0.4, 0.5) is 5.69 Å². The predicted molar refractivity (Wildman–Crippen MR) is 90.5 cm³/mol. The summed E-state index contributed by atoms with van der Waals surface area (Å²) in [7, 11) is 0. The van der Waals surface area contributed by atoms with Gasteiger partial charge in [0.2, 0.25) is 0 Å². The van der Waals surface area contributed by atoms with Gasteiger partial charge in [0, 0.05) is 5.70 Å². The normalized spacial score (nSPS) is 17.5. The third kappa shape index (κ3) is 3.34. The minimum atomic E-state index is 0.269. The molecule has 1 unspecified atom stereocenters. The molecule has 4 heteroatoms. The predicted octanol–water partition coefficient (Wildman–Crippen LogP) is 4.14. The average molecular weight is 297 g/mol. The van der Waals surface area contributed by atoms with E-state index in [0.717, 1.165) is 16.4 Å². The van der Waals surface area contributed by atoms with Crippen LogP contribution in [-0.2, 0) is 0 Å². The van der Waals surface area contributed by atoms with Crippen molar-refractivity contribution in [2.24, 2.45) is 0 Å². The maximum Gasteiger partial charge on any atom is 0.108 e. The number of allylic oxidation sites excluding steroid dienone is 1. The van der Waals surface area contributed by atoms with E-state index in [1.165, 1.54) is 11.1 Å². The highest BCUT2D eigenvalue weighted by molar-refractivity contribution is 8.03. The number of hydrogen-bond donors (Lipinski definition) is 3. The van der Waals surface area contributed by atoms with Crippen LogP contribution in [0.1, 0.15) is 23.4 Å². The lowest BCUT2D eigenvalue weighted by molar-refractivity contribution is 0.802. The minimum absolute atomic E-state index is 0.269. The summed E-state index contributed by atoms with van der Waals surface area (Å²) in [5, 5.41) is 4.91. The zero-order chi connectivity index (χ0) is 14.7. The van der Waals surface area contributed by atoms with E-state index in [1.807, 2.05) is 30.3 Å². The van der Waals surface area contributed by atoms with Gasteiger partial charge in [0.1, 0.15) is 10.4 Å². The van der Waals surface area contributed by atoms with Gasteiger partial charge in [0.25, 0.3) is 0 Å². The molecule has 1 atom stereocenters. The van der Waals surface area contributed by atoms with Gasteiger partial charge in [-0.2, -0.15) is 0 Å². The molecule has 0 bridgehead atoms. The molecule has 0 spiro atoms. The smallest absolute Gasteiger partial charge is 0.108 e. The Bertz CT molecular complexity index is 635. The summed E-state index contributed by atoms with van der Waals surface area (Å²) in [5.41, 5.74) is 11.3. The van der Waals surface area contributed by atoms with E-state index in [4.69, 9.17) is 0 Å². The molecule has 108 valence electrons. The quantitative estimate of drug-likeness (QED) is 0.741. The van der Waals surface area contributed by atoms with E-state index < -0.39 is 0 Å². The number of hydrogen-bond acceptors (Lipinski definition) is 4. The van der Waals surface area contributed by atoms with Gasteiger partial charge in [0.15, 0.2) is 0 Å². The van der Waals surface area contributed by atoms with E-state index in [9.17, 15) is 0 Å². The molecule has 1 heterocycles. The lowest BCUT2D eigenvalue weighted by atomic mass is 10.1. The first kappa shape index (κ1) is 13.9. The maximum absolute atomic E-state index is 3.52. The van der Waals surface area contributed by atoms with E-state index in [1.54, 1.807) is 11.8 Å². The Morgan fingerprint density at radius 3 is 2.33 bits per heavy atom. The number of nitrogens with one attached hydrogen (secondary N) is 3. The van der Waals surface area contributed by atoms with Gasteiger partial charge in [-0.05, 0) is 31.5 Å². The molecule has 1 aliphatic heterocycles. The molecule has 0 saturated carbocycles. The number of aryl methyl sites for hydroxylation is 1. The SMILES string of the molecule is CC1=C(NNc2ccccc2)SC(c2ccc(C)cc2)N1. The summed E-state index contributed by atoms with van der Waals surface area (Å²) in [6.45, 7) is 4.20. The molecule has 3 nitrogen and oxygen atoms in total. The van der Waals surface area contributed by atoms with Crippen molar-refractivity contribution in [3.05, 3.63) is 76.5 Å². The van der Waals surface area contributed by atoms with Gasteiger partial charge in [-0.1, -0.05) is 59.8 Å². The fraction of sp³-hybridized carbons (Fsp3) is 0.176. The Morgan fingerprint density at radius 2 is 1.62 bits per heavy atom. The number of rotatable bonds is 4. The van der Waals surface area contributed by atoms with Gasteiger partial charge < -0.3 is 10.7 Å². The highest BCUT2D eigenvalue weighted by atomic mass is 32.2. The summed E-state index contributed by atoms with van der Waals surface area (Å²) in [4.78, 5) is 0. The fourth-order valence-corrected chi connectivity index (χ4v) is 3.27. The summed E-state index contributed by atoms with van der Waals surface area (Å²) in [6.07, 6.45) is 0. The van der Waals surface area contributed by atoms with Crippen molar-refractivity contribution in [1.29, 1.82) is 0 Å². The highest BCUT2D eigenvalue weighted by Crippen LogP contribution is 2.38. The second-order valence-electron chi connectivity index (χ2n) is 5.12. The van der Waals surface area contributed by atoms with Crippen LogP contribution in [0.5, 0.6) is 0 Å². The molecule has 0 amide bonds. The van der Waals surface area contributed by atoms with Crippen LogP contribution in [0.2, 0.25) is 0 Å². The summed E-state index contributed by atoms with van der Waals surface area (Å²) in [6, 6.07) is 18.8. The van der Waals surface area contributed by atoms with Gasteiger partial charge >= 0.3 is 0 Å². The summed E-state index contributed by atoms with van der Waals surface area (Å²) in [5.74, 6) is 0. The van der Waals surface area contributed by atoms with Crippen LogP contribution in [-0.4, -0.2) is 0 Å². The number of thioether (sulfide) groups is 1. The molecule has 3 N–H and O–H groups in total. The second-order valence-corrected chi connectivity index (χ2v) is 6.24. The standard InChI is InChI=1S/C17H19N3S/c1-12-8-10-14(11-9-12)17-18-13(2)16(21-17)20-19-15-6-4-3-5-7-15/h3-11,17-20H,1-2H3. The number of hydrazine groups is 1. The second kappa shape index (κ2) is 6.14. The van der Waals surface area contributed by atoms with E-state index >= 15 is 0 Å². The first-order valence-electron chi connectivity index (χ1n) is 7.00. The molecule has 0 aliphatic carbocycles. The van der Waals surface area contributed by atoms with Crippen LogP contribution in [0, 0.1) is 6.92 Å². The van der Waals surface area contributed by atoms with Crippen LogP contribution in [0.25, 0.3) is 0 Å². The van der Waals surface area contributed by atoms with Crippen molar-refractivity contribution < 1.29 is 0 Å². The number of para-hydroxylation sites is 1. The summed E-state index contributed by atoms with van der Waals surface area (Å²) >= 11 is 1.79. The maximum atomic E-state index is 3.52. The highest BCUT2D eigenvalue weighted by Gasteiger charge is 2.23. The van der Waals surface area contributed by atoms with Gasteiger partial charge in [-0.25, -0.2) is 0 Å². The van der Waals surface area contributed by atoms with Gasteiger partial charge in [0.05, 0.1) is 5.69 Å². The Labute approximate surface area is 129 Å². The van der Waals surface area contributed by atoms with Crippen LogP contribution < -0.4 is 16.2 Å². The van der Waals surface area contributed by atoms with Crippen LogP contribution >= 0.6 is 11.8 Å². The number of anilines is 1. The Hall–Kier alpha value is -2.07. The monoisotopic (exact) mass is 297 g/mol. The Kier molecular flexibility index (Phi) is 4.06. The lowest BCUT2D eigenvalue weighted by Gasteiger charge is -2.13. The Balaban J connectivity index is 1.62. The van der Waals surface area contributed by atoms with Gasteiger partial charge in [-0.15, -0.1) is 0 Å². The fourth-order valence-electron chi connectivity index (χ4n) is 2.16. The van der Waals surface area contributed by atoms with E-state index in [0.29, 0.717) is 0 Å². The van der Waals surface area contributed by atoms with Crippen LogP contribution in [0.15, 0.2) is 65.3 Å². The van der Waals surface area contributed by atoms with E-state index in [-0.39, 0.29) is 5.37 Å².